The highest BCUT2D eigenvalue weighted by atomic mass is 32.2. The van der Waals surface area contributed by atoms with Gasteiger partial charge in [0.1, 0.15) is 6.10 Å². The Labute approximate surface area is 157 Å². The number of nitrogens with zero attached hydrogens (tertiary/aromatic N) is 1. The van der Waals surface area contributed by atoms with Crippen LogP contribution in [0.25, 0.3) is 0 Å². The summed E-state index contributed by atoms with van der Waals surface area (Å²) in [5.74, 6) is 0.695. The van der Waals surface area contributed by atoms with E-state index in [2.05, 4.69) is 6.07 Å². The lowest BCUT2D eigenvalue weighted by Crippen LogP contribution is -2.22. The summed E-state index contributed by atoms with van der Waals surface area (Å²) in [7, 11) is 0. The monoisotopic (exact) mass is 369 g/mol. The van der Waals surface area contributed by atoms with Crippen LogP contribution in [-0.4, -0.2) is 8.76 Å². The first kappa shape index (κ1) is 18.8. The topological polar surface area (TPSA) is 70.3 Å². The molecule has 0 aromatic heterocycles. The Morgan fingerprint density at radius 3 is 2.23 bits per heavy atom. The molecule has 5 heteroatoms. The fourth-order valence-electron chi connectivity index (χ4n) is 3.84. The maximum atomic E-state index is 11.3. The van der Waals surface area contributed by atoms with Crippen LogP contribution in [0.2, 0.25) is 0 Å². The van der Waals surface area contributed by atoms with E-state index in [4.69, 9.17) is 9.44 Å². The molecule has 2 aromatic carbocycles. The lowest BCUT2D eigenvalue weighted by molar-refractivity contribution is 0.107. The molecule has 2 atom stereocenters. The van der Waals surface area contributed by atoms with Crippen molar-refractivity contribution in [2.75, 3.05) is 0 Å². The fraction of sp³-hybridized carbons (Fsp3) is 0.381. The standard InChI is InChI=1S/C21H23NO3S/c1-15-2-6-19(7-3-15)21(25-26(23)24)20-12-10-18(11-13-20)17-8-4-16(14-22)5-9-17/h2-9,18,20-21H,10-13H2,1H3,(H,23,24). The number of rotatable bonds is 5. The molecule has 3 rings (SSSR count). The third-order valence-electron chi connectivity index (χ3n) is 5.30. The van der Waals surface area contributed by atoms with Crippen molar-refractivity contribution < 1.29 is 12.9 Å². The zero-order valence-electron chi connectivity index (χ0n) is 14.8. The van der Waals surface area contributed by atoms with Crippen molar-refractivity contribution in [3.8, 4) is 6.07 Å². The maximum Gasteiger partial charge on any atom is 0.302 e. The number of hydrogen-bond donors (Lipinski definition) is 1. The second-order valence-electron chi connectivity index (χ2n) is 6.99. The normalized spacial score (nSPS) is 22.3. The van der Waals surface area contributed by atoms with Crippen LogP contribution >= 0.6 is 0 Å². The molecule has 1 aliphatic carbocycles. The number of nitriles is 1. The van der Waals surface area contributed by atoms with E-state index < -0.39 is 11.4 Å². The Morgan fingerprint density at radius 2 is 1.69 bits per heavy atom. The van der Waals surface area contributed by atoms with Crippen LogP contribution in [0, 0.1) is 24.2 Å². The van der Waals surface area contributed by atoms with Crippen LogP contribution in [0.5, 0.6) is 0 Å². The second kappa shape index (κ2) is 8.59. The van der Waals surface area contributed by atoms with E-state index in [1.807, 2.05) is 55.5 Å². The Balaban J connectivity index is 1.69. The smallest absolute Gasteiger partial charge is 0.284 e. The molecule has 1 aliphatic rings. The van der Waals surface area contributed by atoms with Gasteiger partial charge in [0.05, 0.1) is 11.6 Å². The minimum Gasteiger partial charge on any atom is -0.284 e. The summed E-state index contributed by atoms with van der Waals surface area (Å²) in [6, 6.07) is 18.0. The van der Waals surface area contributed by atoms with Crippen molar-refractivity contribution in [3.05, 3.63) is 70.8 Å². The lowest BCUT2D eigenvalue weighted by Gasteiger charge is -2.33. The molecule has 1 saturated carbocycles. The van der Waals surface area contributed by atoms with Crippen molar-refractivity contribution in [2.24, 2.45) is 5.92 Å². The molecule has 0 radical (unpaired) electrons. The van der Waals surface area contributed by atoms with E-state index in [0.717, 1.165) is 36.8 Å². The zero-order valence-corrected chi connectivity index (χ0v) is 15.6. The third-order valence-corrected chi connectivity index (χ3v) is 5.68. The summed E-state index contributed by atoms with van der Waals surface area (Å²) < 4.78 is 26.0. The molecule has 2 unspecified atom stereocenters. The van der Waals surface area contributed by atoms with Crippen LogP contribution in [0.3, 0.4) is 0 Å². The number of hydrogen-bond acceptors (Lipinski definition) is 3. The van der Waals surface area contributed by atoms with Crippen molar-refractivity contribution >= 4 is 11.4 Å². The molecule has 26 heavy (non-hydrogen) atoms. The highest BCUT2D eigenvalue weighted by Crippen LogP contribution is 2.42. The molecule has 4 nitrogen and oxygen atoms in total. The summed E-state index contributed by atoms with van der Waals surface area (Å²) >= 11 is -2.28. The van der Waals surface area contributed by atoms with E-state index in [-0.39, 0.29) is 12.0 Å². The minimum atomic E-state index is -2.28. The molecular formula is C21H23NO3S. The van der Waals surface area contributed by atoms with Crippen molar-refractivity contribution in [1.29, 1.82) is 5.26 Å². The van der Waals surface area contributed by atoms with Gasteiger partial charge in [-0.1, -0.05) is 42.0 Å². The lowest BCUT2D eigenvalue weighted by atomic mass is 9.75. The largest absolute Gasteiger partial charge is 0.302 e. The van der Waals surface area contributed by atoms with Gasteiger partial charge in [0.2, 0.25) is 0 Å². The predicted octanol–water partition coefficient (Wildman–Crippen LogP) is 5.04. The second-order valence-corrected chi connectivity index (χ2v) is 7.62. The van der Waals surface area contributed by atoms with Crippen LogP contribution < -0.4 is 0 Å². The summed E-state index contributed by atoms with van der Waals surface area (Å²) in [5.41, 5.74) is 4.06. The first-order chi connectivity index (χ1) is 12.6. The summed E-state index contributed by atoms with van der Waals surface area (Å²) in [5, 5.41) is 8.92. The van der Waals surface area contributed by atoms with Crippen LogP contribution in [0.4, 0.5) is 0 Å². The first-order valence-electron chi connectivity index (χ1n) is 8.91. The van der Waals surface area contributed by atoms with Gasteiger partial charge in [-0.15, -0.1) is 0 Å². The van der Waals surface area contributed by atoms with Crippen LogP contribution in [0.1, 0.15) is 60.0 Å². The van der Waals surface area contributed by atoms with E-state index in [1.165, 1.54) is 5.56 Å². The van der Waals surface area contributed by atoms with Gasteiger partial charge in [0.15, 0.2) is 0 Å². The van der Waals surface area contributed by atoms with Crippen LogP contribution in [0.15, 0.2) is 48.5 Å². The predicted molar refractivity (Wildman–Crippen MR) is 102 cm³/mol. The Morgan fingerprint density at radius 1 is 1.08 bits per heavy atom. The first-order valence-corrected chi connectivity index (χ1v) is 9.94. The van der Waals surface area contributed by atoms with E-state index in [1.54, 1.807) is 0 Å². The molecule has 0 spiro atoms. The average molecular weight is 369 g/mol. The Hall–Kier alpha value is -2.00. The SMILES string of the molecule is Cc1ccc(C(OS(=O)O)C2CCC(c3ccc(C#N)cc3)CC2)cc1. The molecule has 1 fully saturated rings. The molecule has 0 bridgehead atoms. The zero-order chi connectivity index (χ0) is 18.5. The van der Waals surface area contributed by atoms with Gasteiger partial charge in [0, 0.05) is 0 Å². The molecule has 2 aromatic rings. The summed E-state index contributed by atoms with van der Waals surface area (Å²) in [6.07, 6.45) is 3.56. The molecule has 136 valence electrons. The van der Waals surface area contributed by atoms with Gasteiger partial charge in [0.25, 0.3) is 0 Å². The molecule has 0 aliphatic heterocycles. The van der Waals surface area contributed by atoms with Crippen LogP contribution in [-0.2, 0) is 15.5 Å². The molecule has 1 N–H and O–H groups in total. The van der Waals surface area contributed by atoms with E-state index in [0.29, 0.717) is 11.5 Å². The number of aryl methyl sites for hydroxylation is 1. The Kier molecular flexibility index (Phi) is 6.20. The highest BCUT2D eigenvalue weighted by molar-refractivity contribution is 7.74. The molecule has 0 saturated heterocycles. The van der Waals surface area contributed by atoms with Gasteiger partial charge >= 0.3 is 11.4 Å². The van der Waals surface area contributed by atoms with Gasteiger partial charge in [-0.3, -0.25) is 8.74 Å². The molecular weight excluding hydrogens is 346 g/mol. The summed E-state index contributed by atoms with van der Waals surface area (Å²) in [4.78, 5) is 0. The van der Waals surface area contributed by atoms with Crippen molar-refractivity contribution in [3.63, 3.8) is 0 Å². The van der Waals surface area contributed by atoms with E-state index in [9.17, 15) is 8.76 Å². The van der Waals surface area contributed by atoms with Gasteiger partial charge in [-0.05, 0) is 67.7 Å². The maximum absolute atomic E-state index is 11.3. The summed E-state index contributed by atoms with van der Waals surface area (Å²) in [6.45, 7) is 2.02. The average Bonchev–Trinajstić information content (AvgIpc) is 2.67. The fourth-order valence-corrected chi connectivity index (χ4v) is 4.28. The van der Waals surface area contributed by atoms with Gasteiger partial charge < -0.3 is 0 Å². The van der Waals surface area contributed by atoms with Crippen molar-refractivity contribution in [2.45, 2.75) is 44.6 Å². The van der Waals surface area contributed by atoms with Gasteiger partial charge in [-0.25, -0.2) is 0 Å². The molecule has 0 amide bonds. The molecule has 0 heterocycles. The quantitative estimate of drug-likeness (QED) is 0.750. The minimum absolute atomic E-state index is 0.225. The Bertz CT molecular complexity index is 788. The van der Waals surface area contributed by atoms with Gasteiger partial charge in [-0.2, -0.15) is 9.47 Å². The third kappa shape index (κ3) is 4.59. The number of benzene rings is 2. The van der Waals surface area contributed by atoms with E-state index >= 15 is 0 Å². The highest BCUT2D eigenvalue weighted by Gasteiger charge is 2.31. The van der Waals surface area contributed by atoms with Crippen molar-refractivity contribution in [1.82, 2.24) is 0 Å².